The van der Waals surface area contributed by atoms with Crippen molar-refractivity contribution in [3.05, 3.63) is 94.7 Å². The van der Waals surface area contributed by atoms with Crippen molar-refractivity contribution in [1.82, 2.24) is 4.98 Å². The summed E-state index contributed by atoms with van der Waals surface area (Å²) in [5.74, 6) is 0.572. The highest BCUT2D eigenvalue weighted by Gasteiger charge is 2.32. The summed E-state index contributed by atoms with van der Waals surface area (Å²) < 4.78 is 16.5. The maximum absolute atomic E-state index is 13.6. The zero-order valence-corrected chi connectivity index (χ0v) is 22.8. The highest BCUT2D eigenvalue weighted by Crippen LogP contribution is 2.39. The minimum Gasteiger partial charge on any atom is -0.493 e. The van der Waals surface area contributed by atoms with E-state index in [1.165, 1.54) is 0 Å². The second-order valence-corrected chi connectivity index (χ2v) is 10.1. The molecule has 0 saturated carbocycles. The highest BCUT2D eigenvalue weighted by molar-refractivity contribution is 6.08. The van der Waals surface area contributed by atoms with Crippen LogP contribution in [0.25, 0.3) is 22.6 Å². The van der Waals surface area contributed by atoms with Crippen molar-refractivity contribution in [2.45, 2.75) is 32.2 Å². The first-order valence-corrected chi connectivity index (χ1v) is 13.4. The molecule has 0 radical (unpaired) electrons. The number of hydrogen-bond donors (Lipinski definition) is 0. The summed E-state index contributed by atoms with van der Waals surface area (Å²) in [6, 6.07) is 21.2. The molecule has 3 aromatic carbocycles. The maximum atomic E-state index is 13.6. The van der Waals surface area contributed by atoms with Crippen LogP contribution in [0.1, 0.15) is 46.1 Å². The largest absolute Gasteiger partial charge is 0.493 e. The minimum atomic E-state index is -0.504. The molecule has 1 amide bonds. The van der Waals surface area contributed by atoms with Crippen LogP contribution in [0.2, 0.25) is 0 Å². The molecule has 7 nitrogen and oxygen atoms in total. The lowest BCUT2D eigenvalue weighted by Crippen LogP contribution is -2.38. The van der Waals surface area contributed by atoms with E-state index in [0.29, 0.717) is 29.0 Å². The zero-order valence-electron chi connectivity index (χ0n) is 22.8. The summed E-state index contributed by atoms with van der Waals surface area (Å²) in [5, 5.41) is 0.728. The van der Waals surface area contributed by atoms with Gasteiger partial charge in [0, 0.05) is 17.1 Å². The van der Waals surface area contributed by atoms with E-state index in [9.17, 15) is 9.59 Å². The Morgan fingerprint density at radius 1 is 0.975 bits per heavy atom. The van der Waals surface area contributed by atoms with Gasteiger partial charge in [-0.3, -0.25) is 4.79 Å². The van der Waals surface area contributed by atoms with E-state index < -0.39 is 5.97 Å². The Balaban J connectivity index is 1.31. The standard InChI is InChI=1S/C33H30N2O5/c1-20-16-22-8-4-7-11-27(22)35(20)30(36)19-40-33(37)31-24-9-5-6-10-26(24)34-32-23(13-14-25(31)32)17-21-12-15-28(38-2)29(18-21)39-3/h4-12,15,17-18,20H,13-14,16,19H2,1-3H3/b23-17-. The maximum Gasteiger partial charge on any atom is 0.339 e. The SMILES string of the molecule is COc1ccc(/C=C2/CCc3c2nc2ccccc2c3C(=O)OCC(=O)N2c3ccccc3CC2C)cc1OC. The molecule has 2 aliphatic rings. The first-order chi connectivity index (χ1) is 19.5. The third-order valence-corrected chi connectivity index (χ3v) is 7.70. The van der Waals surface area contributed by atoms with Crippen LogP contribution in [0, 0.1) is 0 Å². The van der Waals surface area contributed by atoms with Crippen LogP contribution in [0.15, 0.2) is 66.7 Å². The van der Waals surface area contributed by atoms with E-state index in [1.807, 2.05) is 73.7 Å². The highest BCUT2D eigenvalue weighted by atomic mass is 16.5. The smallest absolute Gasteiger partial charge is 0.339 e. The molecule has 1 aromatic heterocycles. The van der Waals surface area contributed by atoms with E-state index in [0.717, 1.165) is 51.9 Å². The van der Waals surface area contributed by atoms with Gasteiger partial charge >= 0.3 is 5.97 Å². The summed E-state index contributed by atoms with van der Waals surface area (Å²) in [7, 11) is 3.22. The van der Waals surface area contributed by atoms with Gasteiger partial charge in [-0.2, -0.15) is 0 Å². The summed E-state index contributed by atoms with van der Waals surface area (Å²) in [4.78, 5) is 33.5. The summed E-state index contributed by atoms with van der Waals surface area (Å²) in [5.41, 5.74) is 6.82. The van der Waals surface area contributed by atoms with E-state index in [2.05, 4.69) is 6.08 Å². The molecule has 40 heavy (non-hydrogen) atoms. The third kappa shape index (κ3) is 4.47. The predicted molar refractivity (Wildman–Crippen MR) is 155 cm³/mol. The van der Waals surface area contributed by atoms with Gasteiger partial charge in [-0.15, -0.1) is 0 Å². The molecular weight excluding hydrogens is 504 g/mol. The van der Waals surface area contributed by atoms with Gasteiger partial charge in [-0.25, -0.2) is 9.78 Å². The Morgan fingerprint density at radius 3 is 2.58 bits per heavy atom. The van der Waals surface area contributed by atoms with Gasteiger partial charge in [-0.1, -0.05) is 42.5 Å². The van der Waals surface area contributed by atoms with Crippen LogP contribution in [-0.2, 0) is 22.4 Å². The second kappa shape index (κ2) is 10.5. The van der Waals surface area contributed by atoms with Crippen molar-refractivity contribution in [1.29, 1.82) is 0 Å². The number of aromatic nitrogens is 1. The van der Waals surface area contributed by atoms with Gasteiger partial charge in [0.05, 0.1) is 31.0 Å². The molecule has 0 saturated heterocycles. The molecule has 0 fully saturated rings. The second-order valence-electron chi connectivity index (χ2n) is 10.1. The van der Waals surface area contributed by atoms with Crippen LogP contribution >= 0.6 is 0 Å². The minimum absolute atomic E-state index is 0.0129. The molecule has 0 N–H and O–H groups in total. The number of carbonyl (C=O) groups is 2. The van der Waals surface area contributed by atoms with Crippen LogP contribution in [-0.4, -0.2) is 43.7 Å². The fraction of sp³-hybridized carbons (Fsp3) is 0.242. The van der Waals surface area contributed by atoms with E-state index in [-0.39, 0.29) is 18.6 Å². The van der Waals surface area contributed by atoms with Crippen molar-refractivity contribution in [3.8, 4) is 11.5 Å². The molecule has 2 heterocycles. The lowest BCUT2D eigenvalue weighted by molar-refractivity contribution is -0.122. The molecular formula is C33H30N2O5. The van der Waals surface area contributed by atoms with Gasteiger partial charge in [-0.05, 0) is 78.8 Å². The number of benzene rings is 3. The number of anilines is 1. The van der Waals surface area contributed by atoms with Crippen LogP contribution < -0.4 is 14.4 Å². The number of rotatable bonds is 6. The third-order valence-electron chi connectivity index (χ3n) is 7.70. The summed E-state index contributed by atoms with van der Waals surface area (Å²) >= 11 is 0. The lowest BCUT2D eigenvalue weighted by Gasteiger charge is -2.22. The Bertz CT molecular complexity index is 1680. The molecule has 4 aromatic rings. The number of allylic oxidation sites excluding steroid dienone is 1. The van der Waals surface area contributed by atoms with Gasteiger partial charge in [0.1, 0.15) is 0 Å². The molecule has 0 bridgehead atoms. The van der Waals surface area contributed by atoms with Crippen molar-refractivity contribution in [3.63, 3.8) is 0 Å². The van der Waals surface area contributed by atoms with Crippen LogP contribution in [0.3, 0.4) is 0 Å². The molecule has 1 atom stereocenters. The first kappa shape index (κ1) is 25.6. The number of pyridine rings is 1. The topological polar surface area (TPSA) is 78.0 Å². The fourth-order valence-electron chi connectivity index (χ4n) is 5.87. The molecule has 7 heteroatoms. The molecule has 1 aliphatic heterocycles. The fourth-order valence-corrected chi connectivity index (χ4v) is 5.87. The van der Waals surface area contributed by atoms with E-state index >= 15 is 0 Å². The molecule has 0 spiro atoms. The van der Waals surface area contributed by atoms with Gasteiger partial charge in [0.25, 0.3) is 5.91 Å². The Hall–Kier alpha value is -4.65. The molecule has 1 unspecified atom stereocenters. The van der Waals surface area contributed by atoms with Crippen molar-refractivity contribution < 1.29 is 23.8 Å². The number of methoxy groups -OCH3 is 2. The van der Waals surface area contributed by atoms with Gasteiger partial charge in [0.15, 0.2) is 18.1 Å². The monoisotopic (exact) mass is 534 g/mol. The van der Waals surface area contributed by atoms with Crippen molar-refractivity contribution in [2.75, 3.05) is 25.7 Å². The first-order valence-electron chi connectivity index (χ1n) is 13.4. The normalized spacial score (nSPS) is 16.6. The number of para-hydroxylation sites is 2. The quantitative estimate of drug-likeness (QED) is 0.288. The lowest BCUT2D eigenvalue weighted by atomic mass is 10.0. The predicted octanol–water partition coefficient (Wildman–Crippen LogP) is 5.87. The molecule has 6 rings (SSSR count). The van der Waals surface area contributed by atoms with Crippen LogP contribution in [0.4, 0.5) is 5.69 Å². The summed E-state index contributed by atoms with van der Waals surface area (Å²) in [6.45, 7) is 1.69. The average molecular weight is 535 g/mol. The van der Waals surface area contributed by atoms with Crippen LogP contribution in [0.5, 0.6) is 11.5 Å². The van der Waals surface area contributed by atoms with E-state index in [4.69, 9.17) is 19.2 Å². The zero-order chi connectivity index (χ0) is 27.8. The number of fused-ring (bicyclic) bond motifs is 3. The number of nitrogens with zero attached hydrogens (tertiary/aromatic N) is 2. The number of carbonyl (C=O) groups excluding carboxylic acids is 2. The molecule has 1 aliphatic carbocycles. The Labute approximate surface area is 233 Å². The van der Waals surface area contributed by atoms with Crippen molar-refractivity contribution in [2.24, 2.45) is 0 Å². The van der Waals surface area contributed by atoms with E-state index in [1.54, 1.807) is 19.1 Å². The Morgan fingerprint density at radius 2 is 1.75 bits per heavy atom. The number of esters is 1. The number of hydrogen-bond acceptors (Lipinski definition) is 6. The number of amides is 1. The Kier molecular flexibility index (Phi) is 6.72. The number of ether oxygens (including phenoxy) is 3. The van der Waals surface area contributed by atoms with Crippen molar-refractivity contribution >= 4 is 40.1 Å². The average Bonchev–Trinajstić information content (AvgIpc) is 3.53. The van der Waals surface area contributed by atoms with Gasteiger partial charge in [0.2, 0.25) is 0 Å². The molecule has 202 valence electrons. The van der Waals surface area contributed by atoms with Gasteiger partial charge < -0.3 is 19.1 Å². The summed E-state index contributed by atoms with van der Waals surface area (Å²) in [6.07, 6.45) is 4.24.